The Bertz CT molecular complexity index is 310. The second-order valence-electron chi connectivity index (χ2n) is 3.64. The molecule has 1 aromatic heterocycles. The summed E-state index contributed by atoms with van der Waals surface area (Å²) < 4.78 is 1.07. The zero-order valence-electron chi connectivity index (χ0n) is 9.21. The Morgan fingerprint density at radius 1 is 1.43 bits per heavy atom. The highest BCUT2D eigenvalue weighted by molar-refractivity contribution is 9.10. The van der Waals surface area contributed by atoms with Crippen molar-refractivity contribution in [3.63, 3.8) is 0 Å². The van der Waals surface area contributed by atoms with Crippen molar-refractivity contribution in [3.05, 3.63) is 22.3 Å². The number of anilines is 1. The maximum Gasteiger partial charge on any atom is 0.143 e. The molecule has 1 aromatic rings. The Morgan fingerprint density at radius 2 is 2.07 bits per heavy atom. The molecule has 3 heteroatoms. The monoisotopic (exact) mass is 256 g/mol. The molecule has 0 aromatic carbocycles. The summed E-state index contributed by atoms with van der Waals surface area (Å²) in [6, 6.07) is 4.55. The maximum atomic E-state index is 4.54. The molecule has 0 amide bonds. The molecule has 0 unspecified atom stereocenters. The van der Waals surface area contributed by atoms with Gasteiger partial charge < -0.3 is 4.90 Å². The summed E-state index contributed by atoms with van der Waals surface area (Å²) in [7, 11) is 0. The van der Waals surface area contributed by atoms with Gasteiger partial charge in [0.1, 0.15) is 5.82 Å². The second-order valence-corrected chi connectivity index (χ2v) is 4.49. The number of pyridine rings is 1. The van der Waals surface area contributed by atoms with Gasteiger partial charge in [-0.2, -0.15) is 0 Å². The summed E-state index contributed by atoms with van der Waals surface area (Å²) in [5, 5.41) is 0. The largest absolute Gasteiger partial charge is 0.354 e. The van der Waals surface area contributed by atoms with Crippen molar-refractivity contribution in [1.82, 2.24) is 4.98 Å². The lowest BCUT2D eigenvalue weighted by Crippen LogP contribution is -2.31. The van der Waals surface area contributed by atoms with Gasteiger partial charge in [-0.15, -0.1) is 0 Å². The van der Waals surface area contributed by atoms with Crippen molar-refractivity contribution in [1.29, 1.82) is 0 Å². The third kappa shape index (κ3) is 2.47. The predicted octanol–water partition coefficient (Wildman–Crippen LogP) is 3.39. The number of aromatic nitrogens is 1. The fourth-order valence-corrected chi connectivity index (χ4v) is 1.94. The third-order valence-corrected chi connectivity index (χ3v) is 2.82. The molecule has 0 aliphatic heterocycles. The van der Waals surface area contributed by atoms with Crippen LogP contribution >= 0.6 is 15.9 Å². The van der Waals surface area contributed by atoms with E-state index in [-0.39, 0.29) is 0 Å². The molecule has 0 N–H and O–H groups in total. The van der Waals surface area contributed by atoms with Crippen LogP contribution in [0.25, 0.3) is 0 Å². The molecule has 1 rings (SSSR count). The van der Waals surface area contributed by atoms with Crippen LogP contribution in [0, 0.1) is 6.92 Å². The van der Waals surface area contributed by atoms with Crippen LogP contribution in [0.1, 0.15) is 26.5 Å². The minimum Gasteiger partial charge on any atom is -0.354 e. The smallest absolute Gasteiger partial charge is 0.143 e. The highest BCUT2D eigenvalue weighted by Gasteiger charge is 2.12. The van der Waals surface area contributed by atoms with Crippen LogP contribution < -0.4 is 4.90 Å². The second kappa shape index (κ2) is 4.78. The van der Waals surface area contributed by atoms with E-state index >= 15 is 0 Å². The first-order valence-corrected chi connectivity index (χ1v) is 5.75. The quantitative estimate of drug-likeness (QED) is 0.825. The fraction of sp³-hybridized carbons (Fsp3) is 0.545. The van der Waals surface area contributed by atoms with Crippen LogP contribution in [0.5, 0.6) is 0 Å². The van der Waals surface area contributed by atoms with Gasteiger partial charge in [-0.3, -0.25) is 0 Å². The van der Waals surface area contributed by atoms with Gasteiger partial charge in [0.25, 0.3) is 0 Å². The van der Waals surface area contributed by atoms with Crippen LogP contribution in [-0.2, 0) is 0 Å². The van der Waals surface area contributed by atoms with E-state index in [4.69, 9.17) is 0 Å². The minimum absolute atomic E-state index is 0.477. The van der Waals surface area contributed by atoms with Crippen LogP contribution in [0.4, 0.5) is 5.82 Å². The first-order chi connectivity index (χ1) is 6.56. The van der Waals surface area contributed by atoms with Gasteiger partial charge in [0, 0.05) is 18.3 Å². The topological polar surface area (TPSA) is 16.1 Å². The van der Waals surface area contributed by atoms with Crippen LogP contribution in [0.2, 0.25) is 0 Å². The van der Waals surface area contributed by atoms with E-state index in [1.165, 1.54) is 0 Å². The van der Waals surface area contributed by atoms with E-state index in [2.05, 4.69) is 52.7 Å². The summed E-state index contributed by atoms with van der Waals surface area (Å²) in [5.74, 6) is 1.04. The summed E-state index contributed by atoms with van der Waals surface area (Å²) in [5.41, 5.74) is 1.06. The molecule has 0 radical (unpaired) electrons. The summed E-state index contributed by atoms with van der Waals surface area (Å²) >= 11 is 3.54. The summed E-state index contributed by atoms with van der Waals surface area (Å²) in [6.45, 7) is 9.51. The van der Waals surface area contributed by atoms with Crippen molar-refractivity contribution in [3.8, 4) is 0 Å². The molecule has 0 saturated heterocycles. The average molecular weight is 257 g/mol. The first kappa shape index (κ1) is 11.5. The Labute approximate surface area is 94.5 Å². The SMILES string of the molecule is CCN(c1nc(C)ccc1Br)C(C)C. The van der Waals surface area contributed by atoms with E-state index in [1.54, 1.807) is 0 Å². The van der Waals surface area contributed by atoms with Crippen molar-refractivity contribution in [2.24, 2.45) is 0 Å². The molecule has 0 bridgehead atoms. The molecule has 2 nitrogen and oxygen atoms in total. The zero-order chi connectivity index (χ0) is 10.7. The van der Waals surface area contributed by atoms with Crippen molar-refractivity contribution in [2.75, 3.05) is 11.4 Å². The molecule has 78 valence electrons. The number of nitrogens with zero attached hydrogens (tertiary/aromatic N) is 2. The van der Waals surface area contributed by atoms with E-state index in [9.17, 15) is 0 Å². The molecule has 0 aliphatic rings. The van der Waals surface area contributed by atoms with Crippen LogP contribution in [0.15, 0.2) is 16.6 Å². The van der Waals surface area contributed by atoms with Gasteiger partial charge in [-0.25, -0.2) is 4.98 Å². The number of rotatable bonds is 3. The maximum absolute atomic E-state index is 4.54. The Morgan fingerprint density at radius 3 is 2.57 bits per heavy atom. The van der Waals surface area contributed by atoms with E-state index in [1.807, 2.05) is 13.0 Å². The van der Waals surface area contributed by atoms with E-state index in [0.29, 0.717) is 6.04 Å². The number of halogens is 1. The molecular formula is C11H17BrN2. The molecule has 0 fully saturated rings. The number of hydrogen-bond acceptors (Lipinski definition) is 2. The molecule has 0 aliphatic carbocycles. The van der Waals surface area contributed by atoms with Crippen molar-refractivity contribution >= 4 is 21.7 Å². The van der Waals surface area contributed by atoms with Gasteiger partial charge in [0.15, 0.2) is 0 Å². The summed E-state index contributed by atoms with van der Waals surface area (Å²) in [6.07, 6.45) is 0. The lowest BCUT2D eigenvalue weighted by Gasteiger charge is -2.27. The van der Waals surface area contributed by atoms with Crippen molar-refractivity contribution in [2.45, 2.75) is 33.7 Å². The zero-order valence-corrected chi connectivity index (χ0v) is 10.8. The predicted molar refractivity (Wildman–Crippen MR) is 64.8 cm³/mol. The first-order valence-electron chi connectivity index (χ1n) is 4.96. The Kier molecular flexibility index (Phi) is 3.93. The lowest BCUT2D eigenvalue weighted by atomic mass is 10.3. The van der Waals surface area contributed by atoms with Crippen LogP contribution in [-0.4, -0.2) is 17.6 Å². The normalized spacial score (nSPS) is 10.7. The minimum atomic E-state index is 0.477. The van der Waals surface area contributed by atoms with Gasteiger partial charge >= 0.3 is 0 Å². The summed E-state index contributed by atoms with van der Waals surface area (Å²) in [4.78, 5) is 6.82. The lowest BCUT2D eigenvalue weighted by molar-refractivity contribution is 0.690. The van der Waals surface area contributed by atoms with Crippen LogP contribution in [0.3, 0.4) is 0 Å². The van der Waals surface area contributed by atoms with E-state index < -0.39 is 0 Å². The number of aryl methyl sites for hydroxylation is 1. The highest BCUT2D eigenvalue weighted by atomic mass is 79.9. The van der Waals surface area contributed by atoms with Gasteiger partial charge in [-0.1, -0.05) is 0 Å². The molecule has 0 atom stereocenters. The Hall–Kier alpha value is -0.570. The van der Waals surface area contributed by atoms with Crippen molar-refractivity contribution < 1.29 is 0 Å². The van der Waals surface area contributed by atoms with Gasteiger partial charge in [-0.05, 0) is 55.8 Å². The van der Waals surface area contributed by atoms with Gasteiger partial charge in [0.05, 0.1) is 4.47 Å². The number of hydrogen-bond donors (Lipinski definition) is 0. The highest BCUT2D eigenvalue weighted by Crippen LogP contribution is 2.25. The molecule has 14 heavy (non-hydrogen) atoms. The standard InChI is InChI=1S/C11H17BrN2/c1-5-14(8(2)3)11-10(12)7-6-9(4)13-11/h6-8H,5H2,1-4H3. The molecule has 0 spiro atoms. The average Bonchev–Trinajstić information content (AvgIpc) is 2.11. The third-order valence-electron chi connectivity index (χ3n) is 2.20. The fourth-order valence-electron chi connectivity index (χ4n) is 1.49. The van der Waals surface area contributed by atoms with E-state index in [0.717, 1.165) is 22.5 Å². The van der Waals surface area contributed by atoms with Gasteiger partial charge in [0.2, 0.25) is 0 Å². The molecule has 0 saturated carbocycles. The Balaban J connectivity index is 3.08. The molecular weight excluding hydrogens is 240 g/mol. The molecule has 1 heterocycles.